The molecule has 0 bridgehead atoms. The molecule has 222 valence electrons. The number of nitrogens with one attached hydrogen (secondary N) is 1. The van der Waals surface area contributed by atoms with Crippen LogP contribution in [0.15, 0.2) is 17.1 Å². The van der Waals surface area contributed by atoms with E-state index in [0.717, 1.165) is 16.3 Å². The van der Waals surface area contributed by atoms with Crippen molar-refractivity contribution in [3.8, 4) is 0 Å². The molecule has 1 aromatic rings. The van der Waals surface area contributed by atoms with E-state index in [2.05, 4.69) is 10.1 Å². The Hall–Kier alpha value is -0.800. The number of hydrogen-bond acceptors (Lipinski definition) is 12. The molecule has 17 heteroatoms. The summed E-state index contributed by atoms with van der Waals surface area (Å²) in [5.41, 5.74) is 4.22. The molecule has 1 saturated heterocycles. The van der Waals surface area contributed by atoms with Crippen molar-refractivity contribution in [2.75, 3.05) is 24.7 Å². The number of nitrogens with two attached hydrogens (primary N) is 1. The molecule has 1 fully saturated rings. The summed E-state index contributed by atoms with van der Waals surface area (Å²) in [6.45, 7) is 6.63. The summed E-state index contributed by atoms with van der Waals surface area (Å²) in [7, 11) is 0. The predicted molar refractivity (Wildman–Crippen MR) is 154 cm³/mol. The minimum atomic E-state index is -3.42. The highest BCUT2D eigenvalue weighted by Gasteiger charge is 2.56. The van der Waals surface area contributed by atoms with Gasteiger partial charge in [0.05, 0.1) is 19.3 Å². The number of carbonyl (C=O) groups is 2. The maximum atomic E-state index is 12.4. The second-order valence-corrected chi connectivity index (χ2v) is 15.8. The molecule has 12 nitrogen and oxygen atoms in total. The molecule has 39 heavy (non-hydrogen) atoms. The van der Waals surface area contributed by atoms with Crippen LogP contribution in [0.2, 0.25) is 0 Å². The zero-order valence-electron chi connectivity index (χ0n) is 22.5. The minimum Gasteiger partial charge on any atom is -0.462 e. The molecule has 1 aliphatic heterocycles. The lowest BCUT2D eigenvalue weighted by Crippen LogP contribution is -2.40. The molecule has 0 aromatic carbocycles. The highest BCUT2D eigenvalue weighted by atomic mass is 35.5. The summed E-state index contributed by atoms with van der Waals surface area (Å²) in [4.78, 5) is 40.6. The number of aliphatic hydroxyl groups excluding tert-OH is 1. The molecule has 0 radical (unpaired) electrons. The van der Waals surface area contributed by atoms with Crippen molar-refractivity contribution < 1.29 is 33.2 Å². The smallest absolute Gasteiger partial charge is 0.351 e. The van der Waals surface area contributed by atoms with Gasteiger partial charge in [-0.25, -0.2) is 9.88 Å². The Morgan fingerprint density at radius 2 is 2.00 bits per heavy atom. The van der Waals surface area contributed by atoms with Crippen LogP contribution >= 0.6 is 41.6 Å². The Labute approximate surface area is 246 Å². The van der Waals surface area contributed by atoms with Crippen LogP contribution < -0.4 is 16.5 Å². The Morgan fingerprint density at radius 3 is 2.56 bits per heavy atom. The molecule has 2 rings (SSSR count). The fourth-order valence-electron chi connectivity index (χ4n) is 3.13. The van der Waals surface area contributed by atoms with Gasteiger partial charge in [-0.05, 0) is 38.6 Å². The normalized spacial score (nSPS) is 23.4. The number of aliphatic hydroxyl groups is 1. The Bertz CT molecular complexity index is 1130. The SMILES string of the molecule is CC(C)OC(=O)C(C)NP(=S)(OCCSC(=O)C(C)(C)C)OC[C@H]1O[C@@H](n2ccc(N)nc2=O)C(Cl)(Cl)[C@@H]1O. The van der Waals surface area contributed by atoms with E-state index in [4.69, 9.17) is 59.3 Å². The number of anilines is 1. The van der Waals surface area contributed by atoms with Gasteiger partial charge in [0.15, 0.2) is 15.7 Å². The third-order valence-corrected chi connectivity index (χ3v) is 9.87. The first-order chi connectivity index (χ1) is 17.9. The van der Waals surface area contributed by atoms with Crippen molar-refractivity contribution in [1.29, 1.82) is 0 Å². The van der Waals surface area contributed by atoms with Gasteiger partial charge in [0, 0.05) is 17.4 Å². The maximum Gasteiger partial charge on any atom is 0.351 e. The number of carbonyl (C=O) groups excluding carboxylic acids is 2. The molecule has 0 spiro atoms. The van der Waals surface area contributed by atoms with Crippen LogP contribution in [0.3, 0.4) is 0 Å². The number of halogens is 2. The lowest BCUT2D eigenvalue weighted by molar-refractivity contribution is -0.149. The predicted octanol–water partition coefficient (Wildman–Crippen LogP) is 2.75. The van der Waals surface area contributed by atoms with E-state index >= 15 is 0 Å². The van der Waals surface area contributed by atoms with Crippen LogP contribution in [-0.4, -0.2) is 73.4 Å². The van der Waals surface area contributed by atoms with Gasteiger partial charge >= 0.3 is 11.7 Å². The average molecular weight is 650 g/mol. The van der Waals surface area contributed by atoms with Crippen LogP contribution in [0.5, 0.6) is 0 Å². The molecular weight excluding hydrogens is 614 g/mol. The largest absolute Gasteiger partial charge is 0.462 e. The van der Waals surface area contributed by atoms with E-state index in [1.807, 2.05) is 20.8 Å². The number of thioether (sulfide) groups is 1. The van der Waals surface area contributed by atoms with E-state index in [1.54, 1.807) is 13.8 Å². The van der Waals surface area contributed by atoms with Crippen LogP contribution in [0.4, 0.5) is 5.82 Å². The van der Waals surface area contributed by atoms with E-state index in [-0.39, 0.29) is 36.0 Å². The van der Waals surface area contributed by atoms with Crippen LogP contribution in [0.1, 0.15) is 47.8 Å². The number of alkyl halides is 2. The summed E-state index contributed by atoms with van der Waals surface area (Å²) in [5, 5.41) is 13.6. The van der Waals surface area contributed by atoms with E-state index in [9.17, 15) is 19.5 Å². The Kier molecular flexibility index (Phi) is 12.3. The summed E-state index contributed by atoms with van der Waals surface area (Å²) in [6, 6.07) is 0.450. The first-order valence-electron chi connectivity index (χ1n) is 12.0. The standard InChI is InChI=1S/C22H35Cl2N4O8PS2/c1-12(2)35-17(30)13(3)27-37(38,33-9-10-39-19(31)21(4,5)6)34-11-14-16(29)22(23,24)18(36-14)28-8-7-15(25)26-20(28)32/h7-8,12-14,16,18,29H,9-11H2,1-6H3,(H,27,38)(H2,25,26,32)/t13?,14-,16-,18-,37?/m1/s1. The van der Waals surface area contributed by atoms with Crippen molar-refractivity contribution in [3.63, 3.8) is 0 Å². The molecule has 1 aromatic heterocycles. The van der Waals surface area contributed by atoms with E-state index in [1.165, 1.54) is 19.2 Å². The van der Waals surface area contributed by atoms with Crippen LogP contribution in [0.25, 0.3) is 0 Å². The average Bonchev–Trinajstić information content (AvgIpc) is 3.03. The molecule has 0 saturated carbocycles. The fraction of sp³-hybridized carbons (Fsp3) is 0.727. The number of nitrogen functional groups attached to an aromatic ring is 1. The van der Waals surface area contributed by atoms with Gasteiger partial charge in [0.2, 0.25) is 0 Å². The molecule has 2 heterocycles. The van der Waals surface area contributed by atoms with Gasteiger partial charge in [-0.15, -0.1) is 0 Å². The molecule has 4 N–H and O–H groups in total. The van der Waals surface area contributed by atoms with Gasteiger partial charge in [-0.2, -0.15) is 4.98 Å². The fourth-order valence-corrected chi connectivity index (χ4v) is 6.99. The summed E-state index contributed by atoms with van der Waals surface area (Å²) in [6.07, 6.45) is -3.04. The second-order valence-electron chi connectivity index (χ2n) is 10.0. The van der Waals surface area contributed by atoms with Gasteiger partial charge in [-0.1, -0.05) is 55.7 Å². The first kappa shape index (κ1) is 34.4. The molecule has 1 aliphatic rings. The van der Waals surface area contributed by atoms with Crippen molar-refractivity contribution in [1.82, 2.24) is 14.6 Å². The van der Waals surface area contributed by atoms with Gasteiger partial charge in [-0.3, -0.25) is 14.2 Å². The molecule has 5 atom stereocenters. The van der Waals surface area contributed by atoms with E-state index < -0.39 is 52.5 Å². The van der Waals surface area contributed by atoms with Crippen molar-refractivity contribution in [2.24, 2.45) is 5.41 Å². The molecule has 2 unspecified atom stereocenters. The number of esters is 1. The van der Waals surface area contributed by atoms with Crippen LogP contribution in [0, 0.1) is 5.41 Å². The highest BCUT2D eigenvalue weighted by molar-refractivity contribution is 8.13. The Balaban J connectivity index is 2.16. The van der Waals surface area contributed by atoms with Crippen molar-refractivity contribution in [3.05, 3.63) is 22.7 Å². The zero-order chi connectivity index (χ0) is 29.8. The van der Waals surface area contributed by atoms with Gasteiger partial charge in [0.25, 0.3) is 6.64 Å². The third-order valence-electron chi connectivity index (χ3n) is 5.14. The topological polar surface area (TPSA) is 164 Å². The van der Waals surface area contributed by atoms with Crippen molar-refractivity contribution in [2.45, 2.75) is 76.5 Å². The number of nitrogens with zero attached hydrogens (tertiary/aromatic N) is 2. The molecule has 0 amide bonds. The minimum absolute atomic E-state index is 0.0131. The molecular formula is C22H35Cl2N4O8PS2. The highest BCUT2D eigenvalue weighted by Crippen LogP contribution is 2.49. The van der Waals surface area contributed by atoms with Gasteiger partial charge in [0.1, 0.15) is 24.1 Å². The quantitative estimate of drug-likeness (QED) is 0.131. The second kappa shape index (κ2) is 13.9. The van der Waals surface area contributed by atoms with E-state index in [0.29, 0.717) is 0 Å². The lowest BCUT2D eigenvalue weighted by Gasteiger charge is -2.28. The summed E-state index contributed by atoms with van der Waals surface area (Å²) >= 11 is 19.5. The molecule has 0 aliphatic carbocycles. The number of ether oxygens (including phenoxy) is 2. The monoisotopic (exact) mass is 648 g/mol. The first-order valence-corrected chi connectivity index (χ1v) is 16.4. The van der Waals surface area contributed by atoms with Crippen molar-refractivity contribution >= 4 is 70.3 Å². The number of rotatable bonds is 12. The maximum absolute atomic E-state index is 12.4. The summed E-state index contributed by atoms with van der Waals surface area (Å²) < 4.78 is 21.8. The number of aromatic nitrogens is 2. The lowest BCUT2D eigenvalue weighted by atomic mass is 10.00. The van der Waals surface area contributed by atoms with Crippen LogP contribution in [-0.2, 0) is 39.9 Å². The Morgan fingerprint density at radius 1 is 1.36 bits per heavy atom. The van der Waals surface area contributed by atoms with Gasteiger partial charge < -0.3 is 29.4 Å². The number of hydrogen-bond donors (Lipinski definition) is 3. The summed E-state index contributed by atoms with van der Waals surface area (Å²) in [5.74, 6) is -0.299. The zero-order valence-corrected chi connectivity index (χ0v) is 26.5. The third kappa shape index (κ3) is 9.63.